The van der Waals surface area contributed by atoms with Gasteiger partial charge in [-0.05, 0) is 38.1 Å². The molecule has 0 radical (unpaired) electrons. The van der Waals surface area contributed by atoms with Gasteiger partial charge in [-0.2, -0.15) is 0 Å². The van der Waals surface area contributed by atoms with Gasteiger partial charge in [0.05, 0.1) is 17.4 Å². The molecule has 2 nitrogen and oxygen atoms in total. The fourth-order valence-corrected chi connectivity index (χ4v) is 3.37. The van der Waals surface area contributed by atoms with E-state index in [1.54, 1.807) is 17.4 Å². The van der Waals surface area contributed by atoms with Crippen molar-refractivity contribution in [2.75, 3.05) is 0 Å². The summed E-state index contributed by atoms with van der Waals surface area (Å²) in [6.45, 7) is 4.60. The summed E-state index contributed by atoms with van der Waals surface area (Å²) < 4.78 is 15.9. The van der Waals surface area contributed by atoms with Crippen LogP contribution in [0, 0.1) is 12.7 Å². The molecular weight excluding hydrogens is 295 g/mol. The summed E-state index contributed by atoms with van der Waals surface area (Å²) in [4.78, 5) is 6.85. The van der Waals surface area contributed by atoms with Crippen LogP contribution in [0.25, 0.3) is 11.0 Å². The molecule has 2 aromatic heterocycles. The lowest BCUT2D eigenvalue weighted by atomic mass is 10.3. The number of nitrogens with zero attached hydrogens (tertiary/aromatic N) is 2. The van der Waals surface area contributed by atoms with Crippen LogP contribution >= 0.6 is 22.9 Å². The van der Waals surface area contributed by atoms with E-state index >= 15 is 0 Å². The molecular formula is C15H14ClFN2S. The number of hydrogen-bond acceptors (Lipinski definition) is 2. The molecule has 5 heteroatoms. The highest BCUT2D eigenvalue weighted by molar-refractivity contribution is 7.11. The molecule has 0 saturated carbocycles. The van der Waals surface area contributed by atoms with Crippen LogP contribution in [0.3, 0.4) is 0 Å². The topological polar surface area (TPSA) is 17.8 Å². The van der Waals surface area contributed by atoms with E-state index in [2.05, 4.69) is 24.0 Å². The van der Waals surface area contributed by atoms with Gasteiger partial charge < -0.3 is 4.57 Å². The standard InChI is InChI=1S/C15H14ClFN2S/c1-9-6-7-11(20-9)8-19-13-5-3-4-12(17)14(13)18-15(19)10(2)16/h3-7,10H,8H2,1-2H3. The molecule has 0 fully saturated rings. The molecule has 2 heterocycles. The van der Waals surface area contributed by atoms with Crippen LogP contribution < -0.4 is 0 Å². The zero-order valence-corrected chi connectivity index (χ0v) is 12.8. The van der Waals surface area contributed by atoms with Crippen molar-refractivity contribution in [3.05, 3.63) is 51.7 Å². The lowest BCUT2D eigenvalue weighted by molar-refractivity contribution is 0.637. The zero-order chi connectivity index (χ0) is 14.3. The molecule has 0 bridgehead atoms. The van der Waals surface area contributed by atoms with Gasteiger partial charge in [0.15, 0.2) is 5.82 Å². The number of aromatic nitrogens is 2. The predicted octanol–water partition coefficient (Wildman–Crippen LogP) is 4.89. The Labute approximate surface area is 125 Å². The normalized spacial score (nSPS) is 13.0. The first-order chi connectivity index (χ1) is 9.56. The number of para-hydroxylation sites is 1. The van der Waals surface area contributed by atoms with E-state index in [-0.39, 0.29) is 11.2 Å². The third-order valence-corrected chi connectivity index (χ3v) is 4.41. The van der Waals surface area contributed by atoms with Crippen LogP contribution in [0.4, 0.5) is 4.39 Å². The van der Waals surface area contributed by atoms with Crippen LogP contribution in [0.1, 0.15) is 27.9 Å². The number of aryl methyl sites for hydroxylation is 1. The van der Waals surface area contributed by atoms with Gasteiger partial charge in [-0.1, -0.05) is 6.07 Å². The fraction of sp³-hybridized carbons (Fsp3) is 0.267. The number of halogens is 2. The van der Waals surface area contributed by atoms with Crippen molar-refractivity contribution in [1.29, 1.82) is 0 Å². The molecule has 0 aliphatic heterocycles. The highest BCUT2D eigenvalue weighted by Gasteiger charge is 2.17. The Kier molecular flexibility index (Phi) is 3.52. The van der Waals surface area contributed by atoms with Crippen LogP contribution in [-0.2, 0) is 6.54 Å². The first-order valence-electron chi connectivity index (χ1n) is 6.40. The third-order valence-electron chi connectivity index (χ3n) is 3.22. The van der Waals surface area contributed by atoms with E-state index in [0.29, 0.717) is 17.9 Å². The van der Waals surface area contributed by atoms with E-state index in [1.807, 2.05) is 17.6 Å². The SMILES string of the molecule is Cc1ccc(Cn2c(C(C)Cl)nc3c(F)cccc32)s1. The Morgan fingerprint density at radius 1 is 1.35 bits per heavy atom. The minimum atomic E-state index is -0.304. The second kappa shape index (κ2) is 5.19. The summed E-state index contributed by atoms with van der Waals surface area (Å²) in [5.41, 5.74) is 1.18. The van der Waals surface area contributed by atoms with Crippen molar-refractivity contribution in [1.82, 2.24) is 9.55 Å². The summed E-state index contributed by atoms with van der Waals surface area (Å²) >= 11 is 7.93. The molecule has 3 aromatic rings. The summed E-state index contributed by atoms with van der Waals surface area (Å²) in [5, 5.41) is -0.261. The Balaban J connectivity index is 2.16. The van der Waals surface area contributed by atoms with Crippen molar-refractivity contribution in [2.24, 2.45) is 0 Å². The molecule has 0 N–H and O–H groups in total. The fourth-order valence-electron chi connectivity index (χ4n) is 2.33. The van der Waals surface area contributed by atoms with Gasteiger partial charge in [-0.15, -0.1) is 22.9 Å². The van der Waals surface area contributed by atoms with Crippen molar-refractivity contribution in [2.45, 2.75) is 25.8 Å². The van der Waals surface area contributed by atoms with Crippen LogP contribution in [0.2, 0.25) is 0 Å². The molecule has 0 amide bonds. The van der Waals surface area contributed by atoms with Crippen molar-refractivity contribution in [3.63, 3.8) is 0 Å². The lowest BCUT2D eigenvalue weighted by Crippen LogP contribution is -2.04. The van der Waals surface area contributed by atoms with Gasteiger partial charge in [-0.3, -0.25) is 0 Å². The molecule has 0 saturated heterocycles. The summed E-state index contributed by atoms with van der Waals surface area (Å²) in [6, 6.07) is 9.20. The molecule has 0 spiro atoms. The van der Waals surface area contributed by atoms with Crippen molar-refractivity contribution in [3.8, 4) is 0 Å². The molecule has 1 atom stereocenters. The highest BCUT2D eigenvalue weighted by Crippen LogP contribution is 2.28. The Hall–Kier alpha value is -1.39. The largest absolute Gasteiger partial charge is 0.321 e. The number of hydrogen-bond donors (Lipinski definition) is 0. The smallest absolute Gasteiger partial charge is 0.151 e. The maximum absolute atomic E-state index is 13.9. The first-order valence-corrected chi connectivity index (χ1v) is 7.65. The van der Waals surface area contributed by atoms with Crippen molar-refractivity contribution < 1.29 is 4.39 Å². The zero-order valence-electron chi connectivity index (χ0n) is 11.2. The summed E-state index contributed by atoms with van der Waals surface area (Å²) in [7, 11) is 0. The van der Waals surface area contributed by atoms with E-state index in [9.17, 15) is 4.39 Å². The monoisotopic (exact) mass is 308 g/mol. The van der Waals surface area contributed by atoms with Gasteiger partial charge in [0.2, 0.25) is 0 Å². The van der Waals surface area contributed by atoms with E-state index in [0.717, 1.165) is 5.52 Å². The Morgan fingerprint density at radius 3 is 2.80 bits per heavy atom. The van der Waals surface area contributed by atoms with Gasteiger partial charge >= 0.3 is 0 Å². The molecule has 0 aliphatic rings. The quantitative estimate of drug-likeness (QED) is 0.630. The number of thiophene rings is 1. The molecule has 20 heavy (non-hydrogen) atoms. The number of rotatable bonds is 3. The van der Waals surface area contributed by atoms with E-state index in [1.165, 1.54) is 15.8 Å². The second-order valence-corrected chi connectivity index (χ2v) is 6.82. The summed E-state index contributed by atoms with van der Waals surface area (Å²) in [6.07, 6.45) is 0. The van der Waals surface area contributed by atoms with E-state index < -0.39 is 0 Å². The number of fused-ring (bicyclic) bond motifs is 1. The lowest BCUT2D eigenvalue weighted by Gasteiger charge is -2.09. The average Bonchev–Trinajstić information content (AvgIpc) is 2.96. The molecule has 1 aromatic carbocycles. The van der Waals surface area contributed by atoms with Gasteiger partial charge in [0.1, 0.15) is 11.3 Å². The second-order valence-electron chi connectivity index (χ2n) is 4.79. The number of alkyl halides is 1. The van der Waals surface area contributed by atoms with Gasteiger partial charge in [-0.25, -0.2) is 9.37 Å². The molecule has 104 valence electrons. The maximum Gasteiger partial charge on any atom is 0.151 e. The minimum Gasteiger partial charge on any atom is -0.321 e. The first kappa shape index (κ1) is 13.6. The summed E-state index contributed by atoms with van der Waals surface area (Å²) in [5.74, 6) is 0.403. The minimum absolute atomic E-state index is 0.261. The average molecular weight is 309 g/mol. The van der Waals surface area contributed by atoms with Crippen LogP contribution in [-0.4, -0.2) is 9.55 Å². The van der Waals surface area contributed by atoms with Gasteiger partial charge in [0, 0.05) is 9.75 Å². The van der Waals surface area contributed by atoms with Gasteiger partial charge in [0.25, 0.3) is 0 Å². The van der Waals surface area contributed by atoms with Crippen LogP contribution in [0.15, 0.2) is 30.3 Å². The Bertz CT molecular complexity index is 760. The molecule has 1 unspecified atom stereocenters. The maximum atomic E-state index is 13.9. The highest BCUT2D eigenvalue weighted by atomic mass is 35.5. The number of imidazole rings is 1. The predicted molar refractivity (Wildman–Crippen MR) is 82.1 cm³/mol. The van der Waals surface area contributed by atoms with Crippen LogP contribution in [0.5, 0.6) is 0 Å². The van der Waals surface area contributed by atoms with E-state index in [4.69, 9.17) is 11.6 Å². The number of benzene rings is 1. The third kappa shape index (κ3) is 2.34. The molecule has 0 aliphatic carbocycles. The van der Waals surface area contributed by atoms with Crippen molar-refractivity contribution >= 4 is 34.0 Å². The molecule has 3 rings (SSSR count). The Morgan fingerprint density at radius 2 is 2.15 bits per heavy atom.